The first-order valence-electron chi connectivity index (χ1n) is 5.48. The lowest BCUT2D eigenvalue weighted by molar-refractivity contribution is 0.616. The van der Waals surface area contributed by atoms with Gasteiger partial charge < -0.3 is 14.7 Å². The van der Waals surface area contributed by atoms with Crippen molar-refractivity contribution in [2.45, 2.75) is 6.54 Å². The molecule has 0 aliphatic heterocycles. The number of furan rings is 1. The summed E-state index contributed by atoms with van der Waals surface area (Å²) in [5, 5.41) is 1.10. The molecule has 4 heteroatoms. The quantitative estimate of drug-likeness (QED) is 0.730. The molecule has 0 atom stereocenters. The van der Waals surface area contributed by atoms with Crippen LogP contribution in [0.15, 0.2) is 41.1 Å². The summed E-state index contributed by atoms with van der Waals surface area (Å²) < 4.78 is 7.53. The van der Waals surface area contributed by atoms with E-state index in [9.17, 15) is 0 Å². The summed E-state index contributed by atoms with van der Waals surface area (Å²) in [5.41, 5.74) is 8.59. The minimum atomic E-state index is 0.437. The number of hydrogen-bond acceptors (Lipinski definition) is 3. The number of aromatic nitrogens is 2. The summed E-state index contributed by atoms with van der Waals surface area (Å²) in [6, 6.07) is 7.97. The van der Waals surface area contributed by atoms with Crippen molar-refractivity contribution in [3.05, 3.63) is 42.5 Å². The molecule has 0 bridgehead atoms. The summed E-state index contributed by atoms with van der Waals surface area (Å²) in [6.45, 7) is 0.437. The Hall–Kier alpha value is -2.07. The van der Waals surface area contributed by atoms with Gasteiger partial charge in [0.25, 0.3) is 0 Å². The fourth-order valence-electron chi connectivity index (χ4n) is 2.06. The molecule has 0 fully saturated rings. The van der Waals surface area contributed by atoms with Crippen molar-refractivity contribution in [2.24, 2.45) is 12.8 Å². The lowest BCUT2D eigenvalue weighted by Gasteiger charge is -2.02. The van der Waals surface area contributed by atoms with Crippen molar-refractivity contribution >= 4 is 11.0 Å². The van der Waals surface area contributed by atoms with Crippen molar-refractivity contribution in [1.82, 2.24) is 9.55 Å². The van der Waals surface area contributed by atoms with Crippen molar-refractivity contribution < 1.29 is 4.42 Å². The Morgan fingerprint density at radius 1 is 1.35 bits per heavy atom. The molecule has 17 heavy (non-hydrogen) atoms. The van der Waals surface area contributed by atoms with E-state index in [1.165, 1.54) is 0 Å². The van der Waals surface area contributed by atoms with Gasteiger partial charge in [-0.1, -0.05) is 18.2 Å². The lowest BCUT2D eigenvalue weighted by Crippen LogP contribution is -2.05. The van der Waals surface area contributed by atoms with Crippen LogP contribution in [-0.4, -0.2) is 9.55 Å². The van der Waals surface area contributed by atoms with E-state index in [0.717, 1.165) is 28.1 Å². The van der Waals surface area contributed by atoms with Crippen LogP contribution in [-0.2, 0) is 13.6 Å². The maximum absolute atomic E-state index is 5.62. The monoisotopic (exact) mass is 227 g/mol. The first-order valence-corrected chi connectivity index (χ1v) is 5.48. The zero-order valence-corrected chi connectivity index (χ0v) is 9.55. The fraction of sp³-hybridized carbons (Fsp3) is 0.154. The predicted octanol–water partition coefficient (Wildman–Crippen LogP) is 2.29. The molecule has 4 nitrogen and oxygen atoms in total. The molecule has 0 radical (unpaired) electrons. The van der Waals surface area contributed by atoms with Gasteiger partial charge in [-0.05, 0) is 6.07 Å². The minimum Gasteiger partial charge on any atom is -0.464 e. The van der Waals surface area contributed by atoms with Gasteiger partial charge in [-0.2, -0.15) is 0 Å². The van der Waals surface area contributed by atoms with E-state index < -0.39 is 0 Å². The predicted molar refractivity (Wildman–Crippen MR) is 66.3 cm³/mol. The molecular weight excluding hydrogens is 214 g/mol. The average molecular weight is 227 g/mol. The molecule has 2 aromatic heterocycles. The highest BCUT2D eigenvalue weighted by Gasteiger charge is 2.12. The largest absolute Gasteiger partial charge is 0.464 e. The number of rotatable bonds is 2. The Balaban J connectivity index is 2.24. The van der Waals surface area contributed by atoms with Crippen molar-refractivity contribution in [3.8, 4) is 11.3 Å². The maximum atomic E-state index is 5.62. The third-order valence-electron chi connectivity index (χ3n) is 3.02. The molecule has 2 N–H and O–H groups in total. The molecule has 0 spiro atoms. The van der Waals surface area contributed by atoms with Gasteiger partial charge in [0.1, 0.15) is 17.7 Å². The molecule has 0 saturated carbocycles. The van der Waals surface area contributed by atoms with Crippen LogP contribution in [0, 0.1) is 0 Å². The molecule has 3 aromatic rings. The van der Waals surface area contributed by atoms with Gasteiger partial charge in [-0.15, -0.1) is 0 Å². The number of benzene rings is 1. The molecular formula is C13H13N3O. The van der Waals surface area contributed by atoms with E-state index in [1.54, 1.807) is 6.26 Å². The SMILES string of the molecule is Cn1c(-c2coc3ccccc23)cnc1CN. The molecule has 0 saturated heterocycles. The van der Waals surface area contributed by atoms with Gasteiger partial charge in [0.2, 0.25) is 0 Å². The van der Waals surface area contributed by atoms with E-state index in [2.05, 4.69) is 4.98 Å². The second-order valence-corrected chi connectivity index (χ2v) is 3.97. The zero-order chi connectivity index (χ0) is 11.8. The summed E-state index contributed by atoms with van der Waals surface area (Å²) >= 11 is 0. The molecule has 86 valence electrons. The Labute approximate surface area is 98.7 Å². The Morgan fingerprint density at radius 2 is 2.18 bits per heavy atom. The first kappa shape index (κ1) is 10.1. The number of nitrogens with zero attached hydrogens (tertiary/aromatic N) is 2. The van der Waals surface area contributed by atoms with E-state index in [4.69, 9.17) is 10.2 Å². The number of fused-ring (bicyclic) bond motifs is 1. The van der Waals surface area contributed by atoms with Crippen LogP contribution in [0.5, 0.6) is 0 Å². The molecule has 0 aliphatic rings. The van der Waals surface area contributed by atoms with Gasteiger partial charge >= 0.3 is 0 Å². The van der Waals surface area contributed by atoms with E-state index >= 15 is 0 Å². The normalized spacial score (nSPS) is 11.2. The molecule has 3 rings (SSSR count). The molecule has 2 heterocycles. The standard InChI is InChI=1S/C13H13N3O/c1-16-11(7-15-13(16)6-14)10-8-17-12-5-3-2-4-9(10)12/h2-5,7-8H,6,14H2,1H3. The fourth-order valence-corrected chi connectivity index (χ4v) is 2.06. The highest BCUT2D eigenvalue weighted by Crippen LogP contribution is 2.30. The van der Waals surface area contributed by atoms with Crippen LogP contribution in [0.3, 0.4) is 0 Å². The van der Waals surface area contributed by atoms with E-state index in [1.807, 2.05) is 42.1 Å². The lowest BCUT2D eigenvalue weighted by atomic mass is 10.1. The van der Waals surface area contributed by atoms with Gasteiger partial charge in [0.05, 0.1) is 18.4 Å². The highest BCUT2D eigenvalue weighted by atomic mass is 16.3. The van der Waals surface area contributed by atoms with E-state index in [0.29, 0.717) is 6.54 Å². The third-order valence-corrected chi connectivity index (χ3v) is 3.02. The maximum Gasteiger partial charge on any atom is 0.134 e. The van der Waals surface area contributed by atoms with E-state index in [-0.39, 0.29) is 0 Å². The highest BCUT2D eigenvalue weighted by molar-refractivity contribution is 5.92. The van der Waals surface area contributed by atoms with Crippen LogP contribution in [0.25, 0.3) is 22.2 Å². The summed E-state index contributed by atoms with van der Waals surface area (Å²) in [5.74, 6) is 0.866. The second kappa shape index (κ2) is 3.75. The molecule has 0 aliphatic carbocycles. The average Bonchev–Trinajstić information content (AvgIpc) is 2.92. The number of imidazole rings is 1. The number of nitrogens with two attached hydrogens (primary N) is 1. The number of para-hydroxylation sites is 1. The van der Waals surface area contributed by atoms with Crippen LogP contribution in [0.1, 0.15) is 5.82 Å². The van der Waals surface area contributed by atoms with Gasteiger partial charge in [0, 0.05) is 18.0 Å². The summed E-state index contributed by atoms with van der Waals surface area (Å²) in [4.78, 5) is 4.29. The van der Waals surface area contributed by atoms with Gasteiger partial charge in [0.15, 0.2) is 0 Å². The first-order chi connectivity index (χ1) is 8.31. The Bertz CT molecular complexity index is 666. The Morgan fingerprint density at radius 3 is 2.94 bits per heavy atom. The van der Waals surface area contributed by atoms with Crippen LogP contribution >= 0.6 is 0 Å². The van der Waals surface area contributed by atoms with Crippen molar-refractivity contribution in [1.29, 1.82) is 0 Å². The van der Waals surface area contributed by atoms with Crippen LogP contribution in [0.2, 0.25) is 0 Å². The van der Waals surface area contributed by atoms with Crippen LogP contribution < -0.4 is 5.73 Å². The van der Waals surface area contributed by atoms with Gasteiger partial charge in [-0.3, -0.25) is 0 Å². The number of hydrogen-bond donors (Lipinski definition) is 1. The molecule has 1 aromatic carbocycles. The summed E-state index contributed by atoms with van der Waals surface area (Å²) in [6.07, 6.45) is 3.60. The third kappa shape index (κ3) is 1.45. The van der Waals surface area contributed by atoms with Gasteiger partial charge in [-0.25, -0.2) is 4.98 Å². The molecule has 0 amide bonds. The molecule has 0 unspecified atom stereocenters. The van der Waals surface area contributed by atoms with Crippen molar-refractivity contribution in [3.63, 3.8) is 0 Å². The Kier molecular flexibility index (Phi) is 2.23. The second-order valence-electron chi connectivity index (χ2n) is 3.97. The summed E-state index contributed by atoms with van der Waals surface area (Å²) in [7, 11) is 1.96. The van der Waals surface area contributed by atoms with Crippen molar-refractivity contribution in [2.75, 3.05) is 0 Å². The smallest absolute Gasteiger partial charge is 0.134 e. The van der Waals surface area contributed by atoms with Crippen LogP contribution in [0.4, 0.5) is 0 Å². The zero-order valence-electron chi connectivity index (χ0n) is 9.55. The minimum absolute atomic E-state index is 0.437. The topological polar surface area (TPSA) is 57.0 Å².